The Bertz CT molecular complexity index is 834. The van der Waals surface area contributed by atoms with Crippen LogP contribution >= 0.6 is 0 Å². The van der Waals surface area contributed by atoms with Gasteiger partial charge in [0.2, 0.25) is 5.91 Å². The highest BCUT2D eigenvalue weighted by Crippen LogP contribution is 2.60. The molecule has 4 aliphatic rings. The summed E-state index contributed by atoms with van der Waals surface area (Å²) in [6.07, 6.45) is 11.3. The molecular formula is C21H26N4O2. The van der Waals surface area contributed by atoms with Crippen molar-refractivity contribution in [2.75, 3.05) is 0 Å². The van der Waals surface area contributed by atoms with Crippen molar-refractivity contribution in [2.24, 2.45) is 11.8 Å². The molecule has 1 amide bonds. The summed E-state index contributed by atoms with van der Waals surface area (Å²) in [4.78, 5) is 16.9. The van der Waals surface area contributed by atoms with Crippen LogP contribution in [0.15, 0.2) is 36.9 Å². The number of carbonyl (C=O) groups is 1. The molecule has 142 valence electrons. The molecule has 0 radical (unpaired) electrons. The van der Waals surface area contributed by atoms with Crippen molar-refractivity contribution >= 4 is 5.91 Å². The van der Waals surface area contributed by atoms with Gasteiger partial charge in [-0.1, -0.05) is 12.1 Å². The van der Waals surface area contributed by atoms with Crippen molar-refractivity contribution in [1.29, 1.82) is 0 Å². The Morgan fingerprint density at radius 1 is 1.26 bits per heavy atom. The zero-order valence-electron chi connectivity index (χ0n) is 15.5. The Morgan fingerprint density at radius 3 is 2.78 bits per heavy atom. The van der Waals surface area contributed by atoms with Crippen LogP contribution in [0.25, 0.3) is 0 Å². The smallest absolute Gasteiger partial charge is 0.220 e. The average molecular weight is 366 g/mol. The number of aromatic hydroxyl groups is 1. The normalized spacial score (nSPS) is 33.9. The van der Waals surface area contributed by atoms with E-state index in [2.05, 4.69) is 20.1 Å². The van der Waals surface area contributed by atoms with Crippen molar-refractivity contribution in [3.8, 4) is 5.75 Å². The number of carbonyl (C=O) groups excluding carboxylic acids is 1. The molecule has 4 saturated carbocycles. The Balaban J connectivity index is 1.30. The molecule has 2 N–H and O–H groups in total. The number of nitrogens with zero attached hydrogens (tertiary/aromatic N) is 3. The van der Waals surface area contributed by atoms with Crippen LogP contribution in [0.5, 0.6) is 5.75 Å². The maximum Gasteiger partial charge on any atom is 0.220 e. The Hall–Kier alpha value is -2.37. The first kappa shape index (κ1) is 16.8. The lowest BCUT2D eigenvalue weighted by atomic mass is 9.50. The lowest BCUT2D eigenvalue weighted by Gasteiger charge is -2.61. The Labute approximate surface area is 159 Å². The zero-order valence-corrected chi connectivity index (χ0v) is 15.5. The molecule has 6 rings (SSSR count). The fourth-order valence-corrected chi connectivity index (χ4v) is 6.41. The van der Waals surface area contributed by atoms with Gasteiger partial charge < -0.3 is 10.4 Å². The molecule has 4 bridgehead atoms. The molecule has 2 aromatic rings. The number of rotatable bonds is 5. The minimum atomic E-state index is -0.0913. The summed E-state index contributed by atoms with van der Waals surface area (Å²) in [7, 11) is 0. The van der Waals surface area contributed by atoms with Gasteiger partial charge in [0, 0.05) is 12.0 Å². The summed E-state index contributed by atoms with van der Waals surface area (Å²) < 4.78 is 2.07. The molecule has 0 spiro atoms. The fourth-order valence-electron chi connectivity index (χ4n) is 6.41. The van der Waals surface area contributed by atoms with Gasteiger partial charge in [-0.15, -0.1) is 0 Å². The van der Waals surface area contributed by atoms with E-state index in [9.17, 15) is 9.90 Å². The molecule has 6 heteroatoms. The minimum Gasteiger partial charge on any atom is -0.508 e. The van der Waals surface area contributed by atoms with Gasteiger partial charge >= 0.3 is 0 Å². The molecule has 1 aromatic carbocycles. The third-order valence-electron chi connectivity index (χ3n) is 6.89. The minimum absolute atomic E-state index is 0.0269. The predicted molar refractivity (Wildman–Crippen MR) is 100.0 cm³/mol. The van der Waals surface area contributed by atoms with Crippen LogP contribution in [0.1, 0.15) is 50.5 Å². The van der Waals surface area contributed by atoms with E-state index < -0.39 is 0 Å². The second-order valence-corrected chi connectivity index (χ2v) is 9.02. The fraction of sp³-hybridized carbons (Fsp3) is 0.571. The number of benzene rings is 1. The largest absolute Gasteiger partial charge is 0.508 e. The van der Waals surface area contributed by atoms with Crippen molar-refractivity contribution in [3.63, 3.8) is 0 Å². The van der Waals surface area contributed by atoms with Gasteiger partial charge in [-0.3, -0.25) is 4.79 Å². The van der Waals surface area contributed by atoms with E-state index in [0.717, 1.165) is 37.7 Å². The maximum absolute atomic E-state index is 12.8. The monoisotopic (exact) mass is 366 g/mol. The van der Waals surface area contributed by atoms with Gasteiger partial charge in [0.05, 0.1) is 5.54 Å². The summed E-state index contributed by atoms with van der Waals surface area (Å²) in [6.45, 7) is 0. The summed E-state index contributed by atoms with van der Waals surface area (Å²) in [5.41, 5.74) is 0.931. The van der Waals surface area contributed by atoms with E-state index in [1.807, 2.05) is 18.5 Å². The molecule has 1 aromatic heterocycles. The van der Waals surface area contributed by atoms with Gasteiger partial charge in [0.25, 0.3) is 0 Å². The van der Waals surface area contributed by atoms with Crippen LogP contribution in [-0.4, -0.2) is 31.3 Å². The molecule has 4 fully saturated rings. The van der Waals surface area contributed by atoms with E-state index in [4.69, 9.17) is 0 Å². The number of aryl methyl sites for hydroxylation is 1. The standard InChI is InChI=1S/C21H26N4O2/c26-18-3-1-2-15(7-18)4-5-19(27)24-20-8-16-6-17(9-20)11-21(10-16,12-20)25-14-22-13-23-25/h1-3,7,13-14,16-17,26H,4-6,8-12H2,(H,24,27). The van der Waals surface area contributed by atoms with Crippen LogP contribution in [-0.2, 0) is 16.8 Å². The number of aromatic nitrogens is 3. The first-order valence-electron chi connectivity index (χ1n) is 9.98. The molecule has 2 unspecified atom stereocenters. The maximum atomic E-state index is 12.8. The van der Waals surface area contributed by atoms with Gasteiger partial charge in [-0.05, 0) is 74.5 Å². The third kappa shape index (κ3) is 3.01. The molecule has 6 nitrogen and oxygen atoms in total. The van der Waals surface area contributed by atoms with Crippen molar-refractivity contribution < 1.29 is 9.90 Å². The number of hydrogen-bond donors (Lipinski definition) is 2. The highest BCUT2D eigenvalue weighted by molar-refractivity contribution is 5.77. The quantitative estimate of drug-likeness (QED) is 0.853. The van der Waals surface area contributed by atoms with Gasteiger partial charge in [-0.25, -0.2) is 9.67 Å². The molecule has 2 atom stereocenters. The number of hydrogen-bond acceptors (Lipinski definition) is 4. The second kappa shape index (κ2) is 6.08. The van der Waals surface area contributed by atoms with E-state index >= 15 is 0 Å². The molecule has 1 heterocycles. The van der Waals surface area contributed by atoms with E-state index in [0.29, 0.717) is 24.7 Å². The van der Waals surface area contributed by atoms with Crippen LogP contribution in [0.3, 0.4) is 0 Å². The van der Waals surface area contributed by atoms with Gasteiger partial charge in [0.1, 0.15) is 18.4 Å². The Morgan fingerprint density at radius 2 is 2.07 bits per heavy atom. The number of nitrogens with one attached hydrogen (secondary N) is 1. The first-order chi connectivity index (χ1) is 13.0. The summed E-state index contributed by atoms with van der Waals surface area (Å²) >= 11 is 0. The van der Waals surface area contributed by atoms with Crippen LogP contribution in [0.4, 0.5) is 0 Å². The summed E-state index contributed by atoms with van der Waals surface area (Å²) in [6, 6.07) is 7.17. The lowest BCUT2D eigenvalue weighted by molar-refractivity contribution is -0.130. The van der Waals surface area contributed by atoms with Crippen molar-refractivity contribution in [2.45, 2.75) is 62.4 Å². The van der Waals surface area contributed by atoms with Gasteiger partial charge in [0.15, 0.2) is 0 Å². The lowest BCUT2D eigenvalue weighted by Crippen LogP contribution is -2.65. The van der Waals surface area contributed by atoms with E-state index in [1.165, 1.54) is 6.42 Å². The van der Waals surface area contributed by atoms with E-state index in [-0.39, 0.29) is 22.7 Å². The zero-order chi connectivity index (χ0) is 18.5. The predicted octanol–water partition coefficient (Wildman–Crippen LogP) is 2.78. The highest BCUT2D eigenvalue weighted by atomic mass is 16.3. The number of phenolic OH excluding ortho intramolecular Hbond substituents is 1. The van der Waals surface area contributed by atoms with E-state index in [1.54, 1.807) is 18.5 Å². The molecule has 4 aliphatic carbocycles. The summed E-state index contributed by atoms with van der Waals surface area (Å²) in [5.74, 6) is 1.71. The van der Waals surface area contributed by atoms with Crippen LogP contribution < -0.4 is 5.32 Å². The first-order valence-corrected chi connectivity index (χ1v) is 9.98. The highest BCUT2D eigenvalue weighted by Gasteiger charge is 2.59. The topological polar surface area (TPSA) is 80.0 Å². The van der Waals surface area contributed by atoms with Crippen molar-refractivity contribution in [1.82, 2.24) is 20.1 Å². The van der Waals surface area contributed by atoms with Crippen molar-refractivity contribution in [3.05, 3.63) is 42.5 Å². The SMILES string of the molecule is O=C(CCc1cccc(O)c1)NC12CC3CC(C1)CC(n1cncn1)(C3)C2. The van der Waals surface area contributed by atoms with Crippen LogP contribution in [0.2, 0.25) is 0 Å². The number of phenols is 1. The molecular weight excluding hydrogens is 340 g/mol. The van der Waals surface area contributed by atoms with Crippen LogP contribution in [0, 0.1) is 11.8 Å². The second-order valence-electron chi connectivity index (χ2n) is 9.02. The number of amides is 1. The third-order valence-corrected chi connectivity index (χ3v) is 6.89. The molecule has 27 heavy (non-hydrogen) atoms. The molecule has 0 aliphatic heterocycles. The summed E-state index contributed by atoms with van der Waals surface area (Å²) in [5, 5.41) is 17.5. The average Bonchev–Trinajstić information content (AvgIpc) is 3.14. The molecule has 0 saturated heterocycles. The Kier molecular flexibility index (Phi) is 3.78. The van der Waals surface area contributed by atoms with Gasteiger partial charge in [-0.2, -0.15) is 5.10 Å².